The van der Waals surface area contributed by atoms with Crippen LogP contribution < -0.4 is 0 Å². The lowest BCUT2D eigenvalue weighted by Crippen LogP contribution is -2.53. The topological polar surface area (TPSA) is 0 Å². The molecular formula is C11H20F4. The van der Waals surface area contributed by atoms with Gasteiger partial charge in [-0.05, 0) is 11.8 Å². The van der Waals surface area contributed by atoms with Gasteiger partial charge in [0.25, 0.3) is 0 Å². The van der Waals surface area contributed by atoms with Gasteiger partial charge < -0.3 is 0 Å². The Kier molecular flexibility index (Phi) is 3.56. The van der Waals surface area contributed by atoms with E-state index in [1.807, 2.05) is 0 Å². The van der Waals surface area contributed by atoms with E-state index in [1.54, 1.807) is 20.8 Å². The van der Waals surface area contributed by atoms with Crippen molar-refractivity contribution in [2.75, 3.05) is 0 Å². The largest absolute Gasteiger partial charge is 0.423 e. The first-order chi connectivity index (χ1) is 6.21. The molecule has 92 valence electrons. The van der Waals surface area contributed by atoms with Crippen LogP contribution >= 0.6 is 0 Å². The molecule has 0 nitrogen and oxygen atoms in total. The summed E-state index contributed by atoms with van der Waals surface area (Å²) in [5.74, 6) is 0. The molecule has 0 saturated heterocycles. The first-order valence-corrected chi connectivity index (χ1v) is 4.96. The fourth-order valence-corrected chi connectivity index (χ4v) is 1.52. The maximum atomic E-state index is 14.2. The fourth-order valence-electron chi connectivity index (χ4n) is 1.52. The molecule has 0 saturated carbocycles. The molecule has 15 heavy (non-hydrogen) atoms. The lowest BCUT2D eigenvalue weighted by atomic mass is 9.69. The molecule has 0 heterocycles. The number of hydrogen-bond acceptors (Lipinski definition) is 0. The van der Waals surface area contributed by atoms with Crippen LogP contribution in [0.25, 0.3) is 0 Å². The van der Waals surface area contributed by atoms with Gasteiger partial charge in [-0.25, -0.2) is 4.39 Å². The Hall–Kier alpha value is -0.280. The SMILES string of the molecule is CC(C)(C)CC(F)(C(C)(C)C)C(F)(F)F. The summed E-state index contributed by atoms with van der Waals surface area (Å²) in [5.41, 5.74) is -5.28. The molecule has 0 bridgehead atoms. The molecular weight excluding hydrogens is 208 g/mol. The van der Waals surface area contributed by atoms with Gasteiger partial charge in [0, 0.05) is 5.41 Å². The minimum absolute atomic E-state index is 0.521. The zero-order valence-electron chi connectivity index (χ0n) is 10.2. The summed E-state index contributed by atoms with van der Waals surface area (Å²) in [4.78, 5) is 0. The van der Waals surface area contributed by atoms with Crippen molar-refractivity contribution in [3.05, 3.63) is 0 Å². The maximum Gasteiger partial charge on any atom is 0.423 e. The van der Waals surface area contributed by atoms with Crippen LogP contribution in [0.3, 0.4) is 0 Å². The zero-order valence-corrected chi connectivity index (χ0v) is 10.2. The molecule has 0 aromatic carbocycles. The van der Waals surface area contributed by atoms with Gasteiger partial charge in [-0.1, -0.05) is 41.5 Å². The number of halogens is 4. The van der Waals surface area contributed by atoms with Crippen LogP contribution in [0, 0.1) is 10.8 Å². The van der Waals surface area contributed by atoms with Crippen molar-refractivity contribution < 1.29 is 17.6 Å². The summed E-state index contributed by atoms with van der Waals surface area (Å²) in [5, 5.41) is 0. The van der Waals surface area contributed by atoms with E-state index >= 15 is 0 Å². The Bertz CT molecular complexity index is 200. The van der Waals surface area contributed by atoms with E-state index < -0.39 is 29.1 Å². The Labute approximate surface area is 89.1 Å². The quantitative estimate of drug-likeness (QED) is 0.569. The highest BCUT2D eigenvalue weighted by Crippen LogP contribution is 2.52. The van der Waals surface area contributed by atoms with Crippen molar-refractivity contribution >= 4 is 0 Å². The molecule has 0 aliphatic rings. The molecule has 0 spiro atoms. The van der Waals surface area contributed by atoms with E-state index in [2.05, 4.69) is 0 Å². The highest BCUT2D eigenvalue weighted by atomic mass is 19.4. The summed E-state index contributed by atoms with van der Waals surface area (Å²) in [6.45, 7) is 8.68. The molecule has 0 N–H and O–H groups in total. The molecule has 0 aliphatic carbocycles. The van der Waals surface area contributed by atoms with Crippen molar-refractivity contribution in [3.63, 3.8) is 0 Å². The third-order valence-electron chi connectivity index (χ3n) is 2.41. The average molecular weight is 228 g/mol. The highest BCUT2D eigenvalue weighted by Gasteiger charge is 2.63. The first-order valence-electron chi connectivity index (χ1n) is 4.96. The van der Waals surface area contributed by atoms with Crippen LogP contribution in [0.5, 0.6) is 0 Å². The minimum Gasteiger partial charge on any atom is -0.233 e. The van der Waals surface area contributed by atoms with Crippen molar-refractivity contribution in [3.8, 4) is 0 Å². The predicted octanol–water partition coefficient (Wildman–Crippen LogP) is 4.74. The Morgan fingerprint density at radius 3 is 1.13 bits per heavy atom. The lowest BCUT2D eigenvalue weighted by Gasteiger charge is -2.42. The standard InChI is InChI=1S/C11H20F4/c1-8(2,3)7-10(12,9(4,5)6)11(13,14)15/h7H2,1-6H3. The molecule has 0 rings (SSSR count). The minimum atomic E-state index is -4.82. The van der Waals surface area contributed by atoms with Gasteiger partial charge in [0.2, 0.25) is 5.67 Å². The van der Waals surface area contributed by atoms with E-state index in [4.69, 9.17) is 0 Å². The van der Waals surface area contributed by atoms with Crippen LogP contribution in [-0.4, -0.2) is 11.8 Å². The number of hydrogen-bond donors (Lipinski definition) is 0. The number of alkyl halides is 4. The third-order valence-corrected chi connectivity index (χ3v) is 2.41. The van der Waals surface area contributed by atoms with Crippen LogP contribution in [0.2, 0.25) is 0 Å². The van der Waals surface area contributed by atoms with Gasteiger partial charge >= 0.3 is 6.18 Å². The molecule has 0 amide bonds. The van der Waals surface area contributed by atoms with E-state index in [0.717, 1.165) is 0 Å². The third kappa shape index (κ3) is 3.35. The lowest BCUT2D eigenvalue weighted by molar-refractivity contribution is -0.272. The fraction of sp³-hybridized carbons (Fsp3) is 1.00. The van der Waals surface area contributed by atoms with Gasteiger partial charge in [0.1, 0.15) is 0 Å². The van der Waals surface area contributed by atoms with Crippen molar-refractivity contribution in [2.45, 2.75) is 59.8 Å². The Morgan fingerprint density at radius 2 is 1.07 bits per heavy atom. The van der Waals surface area contributed by atoms with Gasteiger partial charge in [-0.3, -0.25) is 0 Å². The summed E-state index contributed by atoms with van der Waals surface area (Å²) >= 11 is 0. The van der Waals surface area contributed by atoms with Gasteiger partial charge in [-0.2, -0.15) is 13.2 Å². The second-order valence-corrected chi connectivity index (χ2v) is 6.29. The summed E-state index contributed by atoms with van der Waals surface area (Å²) in [6.07, 6.45) is -5.34. The summed E-state index contributed by atoms with van der Waals surface area (Å²) in [7, 11) is 0. The van der Waals surface area contributed by atoms with Crippen LogP contribution in [0.1, 0.15) is 48.0 Å². The second-order valence-electron chi connectivity index (χ2n) is 6.29. The molecule has 1 unspecified atom stereocenters. The predicted molar refractivity (Wildman–Crippen MR) is 53.4 cm³/mol. The van der Waals surface area contributed by atoms with Crippen LogP contribution in [0.15, 0.2) is 0 Å². The van der Waals surface area contributed by atoms with Gasteiger partial charge in [0.05, 0.1) is 0 Å². The molecule has 0 radical (unpaired) electrons. The smallest absolute Gasteiger partial charge is 0.233 e. The monoisotopic (exact) mass is 228 g/mol. The molecule has 4 heteroatoms. The maximum absolute atomic E-state index is 14.2. The Balaban J connectivity index is 5.26. The molecule has 0 aliphatic heterocycles. The summed E-state index contributed by atoms with van der Waals surface area (Å²) in [6, 6.07) is 0. The average Bonchev–Trinajstić information content (AvgIpc) is 1.77. The second kappa shape index (κ2) is 3.63. The molecule has 0 fully saturated rings. The van der Waals surface area contributed by atoms with Gasteiger partial charge in [0.15, 0.2) is 0 Å². The van der Waals surface area contributed by atoms with E-state index in [1.165, 1.54) is 20.8 Å². The van der Waals surface area contributed by atoms with Crippen LogP contribution in [0.4, 0.5) is 17.6 Å². The van der Waals surface area contributed by atoms with E-state index in [9.17, 15) is 17.6 Å². The first kappa shape index (κ1) is 14.7. The molecule has 1 atom stereocenters. The van der Waals surface area contributed by atoms with Crippen molar-refractivity contribution in [2.24, 2.45) is 10.8 Å². The number of rotatable bonds is 1. The summed E-state index contributed by atoms with van der Waals surface area (Å²) < 4.78 is 52.4. The Morgan fingerprint density at radius 1 is 0.733 bits per heavy atom. The van der Waals surface area contributed by atoms with Crippen LogP contribution in [-0.2, 0) is 0 Å². The van der Waals surface area contributed by atoms with Gasteiger partial charge in [-0.15, -0.1) is 0 Å². The molecule has 0 aromatic heterocycles. The van der Waals surface area contributed by atoms with Crippen molar-refractivity contribution in [1.29, 1.82) is 0 Å². The molecule has 0 aromatic rings. The van der Waals surface area contributed by atoms with Crippen molar-refractivity contribution in [1.82, 2.24) is 0 Å². The normalized spacial score (nSPS) is 18.8. The van der Waals surface area contributed by atoms with E-state index in [-0.39, 0.29) is 0 Å². The highest BCUT2D eigenvalue weighted by molar-refractivity contribution is 4.99. The van der Waals surface area contributed by atoms with E-state index in [0.29, 0.717) is 0 Å². The zero-order chi connectivity index (χ0) is 12.7.